The van der Waals surface area contributed by atoms with Gasteiger partial charge in [0, 0.05) is 12.7 Å². The smallest absolute Gasteiger partial charge is 0.157 e. The van der Waals surface area contributed by atoms with E-state index in [1.807, 2.05) is 13.8 Å². The number of phenols is 2. The normalized spacial score (nSPS) is 12.8. The summed E-state index contributed by atoms with van der Waals surface area (Å²) in [4.78, 5) is 10.7. The fraction of sp³-hybridized carbons (Fsp3) is 0.417. The minimum Gasteiger partial charge on any atom is -0.507 e. The van der Waals surface area contributed by atoms with Crippen LogP contribution >= 0.6 is 0 Å². The predicted octanol–water partition coefficient (Wildman–Crippen LogP) is 2.25. The molecule has 4 heteroatoms. The van der Waals surface area contributed by atoms with Gasteiger partial charge in [0.2, 0.25) is 0 Å². The number of carbonyl (C=O) groups is 1. The van der Waals surface area contributed by atoms with Crippen molar-refractivity contribution in [3.05, 3.63) is 23.3 Å². The molecule has 0 amide bonds. The summed E-state index contributed by atoms with van der Waals surface area (Å²) in [5.41, 5.74) is 0.414. The van der Waals surface area contributed by atoms with Crippen LogP contribution in [0.4, 0.5) is 0 Å². The van der Waals surface area contributed by atoms with Gasteiger partial charge in [-0.1, -0.05) is 13.8 Å². The van der Waals surface area contributed by atoms with Crippen LogP contribution in [0.1, 0.15) is 35.9 Å². The lowest BCUT2D eigenvalue weighted by molar-refractivity contribution is 0.0625. The molecule has 0 aliphatic rings. The third-order valence-corrected chi connectivity index (χ3v) is 2.51. The number of carbonyl (C=O) groups excluding carboxylic acids is 1. The van der Waals surface area contributed by atoms with E-state index in [2.05, 4.69) is 0 Å². The van der Waals surface area contributed by atoms with Gasteiger partial charge in [-0.05, 0) is 18.1 Å². The van der Waals surface area contributed by atoms with E-state index in [0.717, 1.165) is 0 Å². The van der Waals surface area contributed by atoms with E-state index in [-0.39, 0.29) is 29.1 Å². The highest BCUT2D eigenvalue weighted by atomic mass is 16.5. The van der Waals surface area contributed by atoms with Gasteiger partial charge in [0.1, 0.15) is 11.5 Å². The van der Waals surface area contributed by atoms with E-state index in [4.69, 9.17) is 4.74 Å². The Bertz CT molecular complexity index is 385. The number of methoxy groups -OCH3 is 1. The van der Waals surface area contributed by atoms with Crippen LogP contribution in [0.3, 0.4) is 0 Å². The second-order valence-electron chi connectivity index (χ2n) is 3.95. The van der Waals surface area contributed by atoms with Crippen molar-refractivity contribution in [3.63, 3.8) is 0 Å². The van der Waals surface area contributed by atoms with Gasteiger partial charge in [-0.3, -0.25) is 4.79 Å². The number of aldehydes is 1. The quantitative estimate of drug-likeness (QED) is 0.770. The van der Waals surface area contributed by atoms with Crippen LogP contribution in [-0.2, 0) is 4.74 Å². The molecule has 0 saturated carbocycles. The zero-order chi connectivity index (χ0) is 12.3. The molecule has 1 atom stereocenters. The van der Waals surface area contributed by atoms with Crippen LogP contribution in [0.15, 0.2) is 12.1 Å². The second kappa shape index (κ2) is 4.99. The van der Waals surface area contributed by atoms with Crippen molar-refractivity contribution in [2.45, 2.75) is 20.0 Å². The SMILES string of the molecule is CO[C@H](c1ccc(O)c(C=O)c1O)C(C)C. The molecule has 0 heterocycles. The average Bonchev–Trinajstić information content (AvgIpc) is 2.22. The van der Waals surface area contributed by atoms with Crippen LogP contribution in [-0.4, -0.2) is 23.6 Å². The first kappa shape index (κ1) is 12.5. The highest BCUT2D eigenvalue weighted by Gasteiger charge is 2.21. The molecular formula is C12H16O4. The topological polar surface area (TPSA) is 66.8 Å². The molecule has 0 aliphatic carbocycles. The van der Waals surface area contributed by atoms with Gasteiger partial charge >= 0.3 is 0 Å². The molecular weight excluding hydrogens is 208 g/mol. The standard InChI is InChI=1S/C12H16O4/c1-7(2)12(16-3)8-4-5-10(14)9(6-13)11(8)15/h4-7,12,14-15H,1-3H3/t12-/m0/s1. The van der Waals surface area contributed by atoms with E-state index in [1.54, 1.807) is 6.07 Å². The second-order valence-corrected chi connectivity index (χ2v) is 3.95. The Balaban J connectivity index is 3.29. The highest BCUT2D eigenvalue weighted by Crippen LogP contribution is 2.36. The molecule has 16 heavy (non-hydrogen) atoms. The average molecular weight is 224 g/mol. The van der Waals surface area contributed by atoms with Crippen molar-refractivity contribution >= 4 is 6.29 Å². The summed E-state index contributed by atoms with van der Waals surface area (Å²) >= 11 is 0. The lowest BCUT2D eigenvalue weighted by atomic mass is 9.96. The van der Waals surface area contributed by atoms with Gasteiger partial charge in [0.15, 0.2) is 6.29 Å². The van der Waals surface area contributed by atoms with Crippen molar-refractivity contribution < 1.29 is 19.7 Å². The summed E-state index contributed by atoms with van der Waals surface area (Å²) in [7, 11) is 1.54. The summed E-state index contributed by atoms with van der Waals surface area (Å²) in [5, 5.41) is 19.2. The maximum Gasteiger partial charge on any atom is 0.157 e. The zero-order valence-corrected chi connectivity index (χ0v) is 9.60. The van der Waals surface area contributed by atoms with Crippen LogP contribution in [0.25, 0.3) is 0 Å². The number of hydrogen-bond acceptors (Lipinski definition) is 4. The maximum atomic E-state index is 10.7. The third-order valence-electron chi connectivity index (χ3n) is 2.51. The first-order chi connectivity index (χ1) is 7.52. The first-order valence-corrected chi connectivity index (χ1v) is 5.05. The molecule has 1 aromatic rings. The van der Waals surface area contributed by atoms with E-state index in [1.165, 1.54) is 13.2 Å². The minimum absolute atomic E-state index is 0.0970. The largest absolute Gasteiger partial charge is 0.507 e. The van der Waals surface area contributed by atoms with Crippen molar-refractivity contribution in [1.29, 1.82) is 0 Å². The van der Waals surface area contributed by atoms with Crippen LogP contribution < -0.4 is 0 Å². The number of ether oxygens (including phenoxy) is 1. The molecule has 0 spiro atoms. The van der Waals surface area contributed by atoms with Crippen LogP contribution in [0.2, 0.25) is 0 Å². The molecule has 0 aromatic heterocycles. The fourth-order valence-corrected chi connectivity index (χ4v) is 1.72. The lowest BCUT2D eigenvalue weighted by Crippen LogP contribution is -2.09. The number of hydrogen-bond donors (Lipinski definition) is 2. The van der Waals surface area contributed by atoms with Crippen molar-refractivity contribution in [3.8, 4) is 11.5 Å². The Kier molecular flexibility index (Phi) is 3.90. The van der Waals surface area contributed by atoms with Crippen molar-refractivity contribution in [2.75, 3.05) is 7.11 Å². The molecule has 1 aromatic carbocycles. The number of phenolic OH excluding ortho intramolecular Hbond substituents is 2. The lowest BCUT2D eigenvalue weighted by Gasteiger charge is -2.21. The molecule has 0 unspecified atom stereocenters. The maximum absolute atomic E-state index is 10.7. The number of aromatic hydroxyl groups is 2. The Hall–Kier alpha value is -1.55. The molecule has 0 radical (unpaired) electrons. The van der Waals surface area contributed by atoms with Gasteiger partial charge in [-0.15, -0.1) is 0 Å². The fourth-order valence-electron chi connectivity index (χ4n) is 1.72. The predicted molar refractivity (Wildman–Crippen MR) is 59.7 cm³/mol. The molecule has 0 aliphatic heterocycles. The van der Waals surface area contributed by atoms with E-state index in [9.17, 15) is 15.0 Å². The van der Waals surface area contributed by atoms with Crippen molar-refractivity contribution in [1.82, 2.24) is 0 Å². The summed E-state index contributed by atoms with van der Waals surface area (Å²) in [5.74, 6) is -0.287. The van der Waals surface area contributed by atoms with Crippen LogP contribution in [0.5, 0.6) is 11.5 Å². The Morgan fingerprint density at radius 2 is 1.94 bits per heavy atom. The van der Waals surface area contributed by atoms with Crippen LogP contribution in [0, 0.1) is 5.92 Å². The molecule has 0 fully saturated rings. The number of benzene rings is 1. The monoisotopic (exact) mass is 224 g/mol. The van der Waals surface area contributed by atoms with E-state index in [0.29, 0.717) is 11.8 Å². The minimum atomic E-state index is -0.306. The number of rotatable bonds is 4. The van der Waals surface area contributed by atoms with Gasteiger partial charge in [-0.25, -0.2) is 0 Å². The molecule has 1 rings (SSSR count). The van der Waals surface area contributed by atoms with E-state index >= 15 is 0 Å². The van der Waals surface area contributed by atoms with Crippen molar-refractivity contribution in [2.24, 2.45) is 5.92 Å². The molecule has 0 saturated heterocycles. The van der Waals surface area contributed by atoms with Gasteiger partial charge < -0.3 is 14.9 Å². The molecule has 0 bridgehead atoms. The van der Waals surface area contributed by atoms with Gasteiger partial charge in [-0.2, -0.15) is 0 Å². The molecule has 88 valence electrons. The Morgan fingerprint density at radius 3 is 2.38 bits per heavy atom. The molecule has 2 N–H and O–H groups in total. The summed E-state index contributed by atoms with van der Waals surface area (Å²) in [6.45, 7) is 3.89. The molecule has 4 nitrogen and oxygen atoms in total. The zero-order valence-electron chi connectivity index (χ0n) is 9.60. The van der Waals surface area contributed by atoms with Gasteiger partial charge in [0.25, 0.3) is 0 Å². The first-order valence-electron chi connectivity index (χ1n) is 5.05. The summed E-state index contributed by atoms with van der Waals surface area (Å²) in [6.07, 6.45) is 0.126. The van der Waals surface area contributed by atoms with E-state index < -0.39 is 0 Å². The third kappa shape index (κ3) is 2.17. The van der Waals surface area contributed by atoms with Gasteiger partial charge in [0.05, 0.1) is 11.7 Å². The summed E-state index contributed by atoms with van der Waals surface area (Å²) < 4.78 is 5.26. The highest BCUT2D eigenvalue weighted by molar-refractivity contribution is 5.84. The Labute approximate surface area is 94.5 Å². The summed E-state index contributed by atoms with van der Waals surface area (Å²) in [6, 6.07) is 2.94. The Morgan fingerprint density at radius 1 is 1.31 bits per heavy atom.